The van der Waals surface area contributed by atoms with E-state index in [9.17, 15) is 27.6 Å². The molecule has 2 aromatic carbocycles. The Kier molecular flexibility index (Phi) is 5.22. The zero-order valence-electron chi connectivity index (χ0n) is 14.9. The normalized spacial score (nSPS) is 16.9. The summed E-state index contributed by atoms with van der Waals surface area (Å²) in [5.74, 6) is -1.70. The number of amides is 2. The third-order valence-electron chi connectivity index (χ3n) is 4.52. The number of benzene rings is 2. The van der Waals surface area contributed by atoms with Crippen molar-refractivity contribution in [3.63, 3.8) is 0 Å². The van der Waals surface area contributed by atoms with Crippen molar-refractivity contribution in [1.29, 1.82) is 0 Å². The number of carbonyl (C=O) groups excluding carboxylic acids is 3. The molecule has 1 atom stereocenters. The third kappa shape index (κ3) is 4.21. The van der Waals surface area contributed by atoms with Crippen LogP contribution in [0, 0.1) is 5.92 Å². The van der Waals surface area contributed by atoms with Crippen LogP contribution >= 0.6 is 0 Å². The van der Waals surface area contributed by atoms with Gasteiger partial charge in [-0.3, -0.25) is 14.4 Å². The van der Waals surface area contributed by atoms with Crippen molar-refractivity contribution in [3.05, 3.63) is 59.7 Å². The van der Waals surface area contributed by atoms with E-state index in [4.69, 9.17) is 0 Å². The lowest BCUT2D eigenvalue weighted by Gasteiger charge is -2.18. The fourth-order valence-electron chi connectivity index (χ4n) is 3.04. The average Bonchev–Trinajstić information content (AvgIpc) is 3.03. The molecule has 8 heteroatoms. The highest BCUT2D eigenvalue weighted by Crippen LogP contribution is 2.33. The van der Waals surface area contributed by atoms with Crippen molar-refractivity contribution >= 4 is 29.0 Å². The molecule has 5 nitrogen and oxygen atoms in total. The number of rotatable bonds is 4. The van der Waals surface area contributed by atoms with Crippen molar-refractivity contribution in [2.75, 3.05) is 16.8 Å². The molecule has 1 fully saturated rings. The van der Waals surface area contributed by atoms with Crippen LogP contribution in [0.25, 0.3) is 0 Å². The summed E-state index contributed by atoms with van der Waals surface area (Å²) in [5, 5.41) is 2.66. The van der Waals surface area contributed by atoms with Crippen molar-refractivity contribution in [2.45, 2.75) is 19.5 Å². The lowest BCUT2D eigenvalue weighted by atomic mass is 10.1. The number of carbonyl (C=O) groups is 3. The van der Waals surface area contributed by atoms with Gasteiger partial charge in [0.05, 0.1) is 11.5 Å². The van der Waals surface area contributed by atoms with E-state index < -0.39 is 29.5 Å². The minimum atomic E-state index is -4.52. The molecule has 28 heavy (non-hydrogen) atoms. The van der Waals surface area contributed by atoms with Gasteiger partial charge in [-0.15, -0.1) is 0 Å². The second-order valence-corrected chi connectivity index (χ2v) is 6.58. The van der Waals surface area contributed by atoms with Gasteiger partial charge in [0.2, 0.25) is 11.8 Å². The highest BCUT2D eigenvalue weighted by Gasteiger charge is 2.37. The zero-order valence-corrected chi connectivity index (χ0v) is 14.9. The Bertz CT molecular complexity index is 940. The number of hydrogen-bond donors (Lipinski definition) is 1. The summed E-state index contributed by atoms with van der Waals surface area (Å²) in [6, 6.07) is 10.8. The number of Topliss-reactive ketones (excluding diaryl/α,β-unsaturated/α-hetero) is 1. The molecule has 2 amide bonds. The van der Waals surface area contributed by atoms with Crippen LogP contribution in [-0.4, -0.2) is 24.1 Å². The molecule has 1 aliphatic rings. The van der Waals surface area contributed by atoms with E-state index in [1.807, 2.05) is 0 Å². The van der Waals surface area contributed by atoms with Gasteiger partial charge < -0.3 is 10.2 Å². The molecule has 0 saturated carbocycles. The van der Waals surface area contributed by atoms with E-state index in [0.717, 1.165) is 12.1 Å². The van der Waals surface area contributed by atoms with E-state index in [1.54, 1.807) is 18.2 Å². The summed E-state index contributed by atoms with van der Waals surface area (Å²) < 4.78 is 38.7. The van der Waals surface area contributed by atoms with E-state index >= 15 is 0 Å². The molecule has 1 aliphatic heterocycles. The van der Waals surface area contributed by atoms with Gasteiger partial charge >= 0.3 is 6.18 Å². The van der Waals surface area contributed by atoms with E-state index in [2.05, 4.69) is 5.32 Å². The summed E-state index contributed by atoms with van der Waals surface area (Å²) in [4.78, 5) is 37.4. The smallest absolute Gasteiger partial charge is 0.326 e. The van der Waals surface area contributed by atoms with Crippen molar-refractivity contribution < 1.29 is 27.6 Å². The number of alkyl halides is 3. The van der Waals surface area contributed by atoms with Crippen LogP contribution in [0.1, 0.15) is 29.3 Å². The molecule has 2 aromatic rings. The molecule has 0 radical (unpaired) electrons. The van der Waals surface area contributed by atoms with Gasteiger partial charge in [-0.2, -0.15) is 13.2 Å². The van der Waals surface area contributed by atoms with Gasteiger partial charge in [0.15, 0.2) is 5.78 Å². The summed E-state index contributed by atoms with van der Waals surface area (Å²) in [7, 11) is 0. The first kappa shape index (κ1) is 19.6. The zero-order chi connectivity index (χ0) is 20.5. The number of hydrogen-bond acceptors (Lipinski definition) is 3. The quantitative estimate of drug-likeness (QED) is 0.806. The summed E-state index contributed by atoms with van der Waals surface area (Å²) >= 11 is 0. The molecular formula is C20H17F3N2O3. The number of halogens is 3. The Hall–Kier alpha value is -3.16. The highest BCUT2D eigenvalue weighted by molar-refractivity contribution is 6.04. The molecule has 0 aliphatic carbocycles. The lowest BCUT2D eigenvalue weighted by Crippen LogP contribution is -2.28. The molecule has 0 aromatic heterocycles. The second-order valence-electron chi connectivity index (χ2n) is 6.58. The van der Waals surface area contributed by atoms with Gasteiger partial charge in [0, 0.05) is 29.9 Å². The first-order valence-electron chi connectivity index (χ1n) is 8.54. The fraction of sp³-hybridized carbons (Fsp3) is 0.250. The Balaban J connectivity index is 1.73. The number of anilines is 2. The van der Waals surface area contributed by atoms with E-state index in [-0.39, 0.29) is 24.4 Å². The van der Waals surface area contributed by atoms with E-state index in [0.29, 0.717) is 11.3 Å². The van der Waals surface area contributed by atoms with Crippen molar-refractivity contribution in [1.82, 2.24) is 0 Å². The largest absolute Gasteiger partial charge is 0.416 e. The van der Waals surface area contributed by atoms with Crippen LogP contribution in [0.15, 0.2) is 48.5 Å². The van der Waals surface area contributed by atoms with Crippen LogP contribution in [0.2, 0.25) is 0 Å². The van der Waals surface area contributed by atoms with Gasteiger partial charge in [-0.05, 0) is 37.3 Å². The predicted octanol–water partition coefficient (Wildman–Crippen LogP) is 3.90. The first-order chi connectivity index (χ1) is 13.1. The monoisotopic (exact) mass is 390 g/mol. The number of ketones is 1. The summed E-state index contributed by atoms with van der Waals surface area (Å²) in [5.41, 5.74) is 0.106. The van der Waals surface area contributed by atoms with Gasteiger partial charge in [-0.1, -0.05) is 18.2 Å². The molecule has 0 unspecified atom stereocenters. The third-order valence-corrected chi connectivity index (χ3v) is 4.52. The Morgan fingerprint density at radius 1 is 1.11 bits per heavy atom. The maximum absolute atomic E-state index is 12.9. The number of nitrogens with one attached hydrogen (secondary N) is 1. The van der Waals surface area contributed by atoms with Crippen LogP contribution in [0.3, 0.4) is 0 Å². The highest BCUT2D eigenvalue weighted by atomic mass is 19.4. The van der Waals surface area contributed by atoms with Gasteiger partial charge in [0.25, 0.3) is 0 Å². The molecule has 1 N–H and O–H groups in total. The lowest BCUT2D eigenvalue weighted by molar-refractivity contribution is -0.137. The van der Waals surface area contributed by atoms with Crippen LogP contribution in [0.5, 0.6) is 0 Å². The first-order valence-corrected chi connectivity index (χ1v) is 8.54. The van der Waals surface area contributed by atoms with Gasteiger partial charge in [0.1, 0.15) is 0 Å². The molecule has 1 saturated heterocycles. The maximum Gasteiger partial charge on any atom is 0.416 e. The van der Waals surface area contributed by atoms with Crippen molar-refractivity contribution in [2.24, 2.45) is 5.92 Å². The molecule has 3 rings (SSSR count). The maximum atomic E-state index is 12.9. The Labute approximate surface area is 159 Å². The second kappa shape index (κ2) is 7.46. The Morgan fingerprint density at radius 3 is 2.50 bits per heavy atom. The van der Waals surface area contributed by atoms with Gasteiger partial charge in [-0.25, -0.2) is 0 Å². The standard InChI is InChI=1S/C20H17F3N2O3/c1-12(26)13-4-2-6-16(8-13)24-19(28)14-9-18(27)25(11-14)17-7-3-5-15(10-17)20(21,22)23/h2-8,10,14H,9,11H2,1H3,(H,24,28)/t14-/m1/s1. The molecule has 0 bridgehead atoms. The minimum absolute atomic E-state index is 0.0155. The molecule has 146 valence electrons. The van der Waals surface area contributed by atoms with Crippen LogP contribution in [-0.2, 0) is 15.8 Å². The SMILES string of the molecule is CC(=O)c1cccc(NC(=O)[C@@H]2CC(=O)N(c3cccc(C(F)(F)F)c3)C2)c1. The van der Waals surface area contributed by atoms with Crippen LogP contribution < -0.4 is 10.2 Å². The topological polar surface area (TPSA) is 66.5 Å². The van der Waals surface area contributed by atoms with E-state index in [1.165, 1.54) is 30.0 Å². The summed E-state index contributed by atoms with van der Waals surface area (Å²) in [6.45, 7) is 1.39. The number of nitrogens with zero attached hydrogens (tertiary/aromatic N) is 1. The average molecular weight is 390 g/mol. The summed E-state index contributed by atoms with van der Waals surface area (Å²) in [6.07, 6.45) is -4.62. The fourth-order valence-corrected chi connectivity index (χ4v) is 3.04. The van der Waals surface area contributed by atoms with Crippen LogP contribution in [0.4, 0.5) is 24.5 Å². The molecule has 1 heterocycles. The predicted molar refractivity (Wildman–Crippen MR) is 97.0 cm³/mol. The Morgan fingerprint density at radius 2 is 1.82 bits per heavy atom. The van der Waals surface area contributed by atoms with Crippen molar-refractivity contribution in [3.8, 4) is 0 Å². The minimum Gasteiger partial charge on any atom is -0.326 e. The molecular weight excluding hydrogens is 373 g/mol. The molecule has 0 spiro atoms.